The first-order chi connectivity index (χ1) is 14.8. The Bertz CT molecular complexity index is 756. The Labute approximate surface area is 200 Å². The van der Waals surface area contributed by atoms with Crippen molar-refractivity contribution < 1.29 is 4.74 Å². The summed E-state index contributed by atoms with van der Waals surface area (Å²) < 4.78 is 6.00. The third-order valence-corrected chi connectivity index (χ3v) is 14.2. The Morgan fingerprint density at radius 2 is 1.22 bits per heavy atom. The van der Waals surface area contributed by atoms with E-state index in [-0.39, 0.29) is 0 Å². The van der Waals surface area contributed by atoms with Crippen molar-refractivity contribution in [2.75, 3.05) is 7.11 Å². The van der Waals surface area contributed by atoms with E-state index in [2.05, 4.69) is 55.4 Å². The average Bonchev–Trinajstić information content (AvgIpc) is 2.72. The van der Waals surface area contributed by atoms with E-state index >= 15 is 0 Å². The molecule has 0 radical (unpaired) electrons. The van der Waals surface area contributed by atoms with Gasteiger partial charge < -0.3 is 4.74 Å². The van der Waals surface area contributed by atoms with Gasteiger partial charge in [0.15, 0.2) is 0 Å². The molecule has 184 valence electrons. The molecule has 0 N–H and O–H groups in total. The molecule has 32 heavy (non-hydrogen) atoms. The van der Waals surface area contributed by atoms with Crippen molar-refractivity contribution in [2.24, 2.45) is 56.2 Å². The van der Waals surface area contributed by atoms with E-state index in [0.717, 1.165) is 17.8 Å². The molecule has 0 aromatic heterocycles. The Balaban J connectivity index is 1.52. The zero-order valence-corrected chi connectivity index (χ0v) is 23.1. The second-order valence-corrected chi connectivity index (χ2v) is 15.7. The van der Waals surface area contributed by atoms with Crippen LogP contribution < -0.4 is 0 Å². The lowest BCUT2D eigenvalue weighted by atomic mass is 9.30. The Morgan fingerprint density at radius 3 is 1.91 bits per heavy atom. The van der Waals surface area contributed by atoms with E-state index < -0.39 is 0 Å². The number of hydrogen-bond donors (Lipinski definition) is 0. The Kier molecular flexibility index (Phi) is 5.19. The van der Waals surface area contributed by atoms with Crippen molar-refractivity contribution in [3.05, 3.63) is 0 Å². The summed E-state index contributed by atoms with van der Waals surface area (Å²) in [4.78, 5) is 0. The molecule has 0 bridgehead atoms. The summed E-state index contributed by atoms with van der Waals surface area (Å²) in [6.07, 6.45) is 16.3. The van der Waals surface area contributed by atoms with Gasteiger partial charge >= 0.3 is 0 Å². The first kappa shape index (κ1) is 23.7. The van der Waals surface area contributed by atoms with Crippen LogP contribution in [0.3, 0.4) is 0 Å². The summed E-state index contributed by atoms with van der Waals surface area (Å²) >= 11 is 0. The second-order valence-electron chi connectivity index (χ2n) is 15.7. The van der Waals surface area contributed by atoms with E-state index in [4.69, 9.17) is 4.74 Å². The highest BCUT2D eigenvalue weighted by molar-refractivity contribution is 5.19. The van der Waals surface area contributed by atoms with Gasteiger partial charge in [-0.3, -0.25) is 0 Å². The average molecular weight is 443 g/mol. The number of rotatable bonds is 1. The maximum atomic E-state index is 6.00. The molecule has 5 rings (SSSR count). The molecule has 1 nitrogen and oxygen atoms in total. The minimum atomic E-state index is 0.463. The predicted molar refractivity (Wildman–Crippen MR) is 136 cm³/mol. The fraction of sp³-hybridized carbons (Fsp3) is 1.00. The molecule has 0 aliphatic heterocycles. The van der Waals surface area contributed by atoms with Crippen molar-refractivity contribution in [3.8, 4) is 0 Å². The molecule has 5 aliphatic rings. The monoisotopic (exact) mass is 442 g/mol. The molecule has 0 heterocycles. The topological polar surface area (TPSA) is 9.23 Å². The van der Waals surface area contributed by atoms with Crippen molar-refractivity contribution in [2.45, 2.75) is 132 Å². The first-order valence-electron chi connectivity index (χ1n) is 14.3. The number of fused-ring (bicyclic) bond motifs is 7. The third kappa shape index (κ3) is 2.85. The molecule has 10 atom stereocenters. The zero-order chi connectivity index (χ0) is 23.4. The summed E-state index contributed by atoms with van der Waals surface area (Å²) in [7, 11) is 1.95. The lowest BCUT2D eigenvalue weighted by molar-refractivity contribution is -0.263. The van der Waals surface area contributed by atoms with Crippen LogP contribution in [0.2, 0.25) is 0 Å². The number of ether oxygens (including phenoxy) is 1. The van der Waals surface area contributed by atoms with Gasteiger partial charge in [-0.25, -0.2) is 0 Å². The minimum Gasteiger partial charge on any atom is -0.381 e. The van der Waals surface area contributed by atoms with E-state index in [0.29, 0.717) is 44.5 Å². The van der Waals surface area contributed by atoms with Crippen molar-refractivity contribution in [3.63, 3.8) is 0 Å². The van der Waals surface area contributed by atoms with Crippen molar-refractivity contribution in [1.82, 2.24) is 0 Å². The van der Waals surface area contributed by atoms with Crippen LogP contribution >= 0.6 is 0 Å². The molecule has 1 heteroatoms. The van der Waals surface area contributed by atoms with Crippen LogP contribution in [-0.2, 0) is 4.74 Å². The summed E-state index contributed by atoms with van der Waals surface area (Å²) in [6.45, 7) is 21.4. The maximum Gasteiger partial charge on any atom is 0.0602 e. The molecular weight excluding hydrogens is 388 g/mol. The molecule has 5 aliphatic carbocycles. The van der Waals surface area contributed by atoms with Crippen LogP contribution in [0.1, 0.15) is 126 Å². The van der Waals surface area contributed by atoms with Gasteiger partial charge in [-0.05, 0) is 127 Å². The quantitative estimate of drug-likeness (QED) is 0.394. The molecule has 0 amide bonds. The molecule has 5 saturated carbocycles. The SMILES string of the molecule is CO[C@H]1CC[C@@H]2[C@](C)(CC[C@H]3[C@@]2(C)CCC2(C)[C@@H]4CC(C)(C)CC[C@]4(C)CC[C@]32C)[C@H]1C. The van der Waals surface area contributed by atoms with Crippen molar-refractivity contribution in [1.29, 1.82) is 0 Å². The fourth-order valence-corrected chi connectivity index (χ4v) is 11.7. The lowest BCUT2D eigenvalue weighted by Gasteiger charge is -2.75. The highest BCUT2D eigenvalue weighted by atomic mass is 16.5. The van der Waals surface area contributed by atoms with Gasteiger partial charge in [0.25, 0.3) is 0 Å². The van der Waals surface area contributed by atoms with E-state index in [1.165, 1.54) is 70.6 Å². The summed E-state index contributed by atoms with van der Waals surface area (Å²) in [5.74, 6) is 3.40. The fourth-order valence-electron chi connectivity index (χ4n) is 11.7. The van der Waals surface area contributed by atoms with Crippen LogP contribution in [0.25, 0.3) is 0 Å². The van der Waals surface area contributed by atoms with E-state index in [1.807, 2.05) is 7.11 Å². The predicted octanol–water partition coefficient (Wildman–Crippen LogP) is 8.90. The number of methoxy groups -OCH3 is 1. The second kappa shape index (κ2) is 7.01. The normalized spacial score (nSPS) is 59.3. The Hall–Kier alpha value is -0.0400. The van der Waals surface area contributed by atoms with Crippen LogP contribution in [0.5, 0.6) is 0 Å². The van der Waals surface area contributed by atoms with Crippen LogP contribution in [0, 0.1) is 56.2 Å². The highest BCUT2D eigenvalue weighted by Gasteiger charge is 2.70. The van der Waals surface area contributed by atoms with Gasteiger partial charge in [-0.1, -0.05) is 55.4 Å². The van der Waals surface area contributed by atoms with E-state index in [9.17, 15) is 0 Å². The molecule has 0 aromatic carbocycles. The van der Waals surface area contributed by atoms with Crippen LogP contribution in [0.4, 0.5) is 0 Å². The standard InChI is InChI=1S/C31H54O/c1-21-22(32-9)10-11-23-28(21,5)13-12-24-29(23,6)17-19-31(8)25-20-26(2,3)14-15-27(25,4)16-18-30(24,31)7/h21-25H,10-20H2,1-9H3/t21-,22-,23+,24-,25+,27+,28+,29-,30+,31?/m0/s1. The first-order valence-corrected chi connectivity index (χ1v) is 14.3. The number of hydrogen-bond acceptors (Lipinski definition) is 1. The molecule has 0 spiro atoms. The molecule has 0 saturated heterocycles. The van der Waals surface area contributed by atoms with Crippen LogP contribution in [-0.4, -0.2) is 13.2 Å². The summed E-state index contributed by atoms with van der Waals surface area (Å²) in [5.41, 5.74) is 3.14. The smallest absolute Gasteiger partial charge is 0.0602 e. The van der Waals surface area contributed by atoms with Gasteiger partial charge in [0.1, 0.15) is 0 Å². The summed E-state index contributed by atoms with van der Waals surface area (Å²) in [5, 5.41) is 0. The van der Waals surface area contributed by atoms with Gasteiger partial charge in [-0.15, -0.1) is 0 Å². The third-order valence-electron chi connectivity index (χ3n) is 14.2. The zero-order valence-electron chi connectivity index (χ0n) is 23.1. The maximum absolute atomic E-state index is 6.00. The van der Waals surface area contributed by atoms with Gasteiger partial charge in [-0.2, -0.15) is 0 Å². The molecule has 0 aromatic rings. The van der Waals surface area contributed by atoms with Crippen LogP contribution in [0.15, 0.2) is 0 Å². The van der Waals surface area contributed by atoms with Gasteiger partial charge in [0, 0.05) is 7.11 Å². The van der Waals surface area contributed by atoms with Crippen molar-refractivity contribution >= 4 is 0 Å². The molecule has 5 fully saturated rings. The largest absolute Gasteiger partial charge is 0.381 e. The highest BCUT2D eigenvalue weighted by Crippen LogP contribution is 2.78. The summed E-state index contributed by atoms with van der Waals surface area (Å²) in [6, 6.07) is 0. The van der Waals surface area contributed by atoms with E-state index in [1.54, 1.807) is 0 Å². The minimum absolute atomic E-state index is 0.463. The van der Waals surface area contributed by atoms with Gasteiger partial charge in [0.2, 0.25) is 0 Å². The molecule has 1 unspecified atom stereocenters. The lowest BCUT2D eigenvalue weighted by Crippen LogP contribution is -2.68. The Morgan fingerprint density at radius 1 is 0.594 bits per heavy atom. The van der Waals surface area contributed by atoms with Gasteiger partial charge in [0.05, 0.1) is 6.10 Å². The molecular formula is C31H54O.